The Morgan fingerprint density at radius 1 is 1.00 bits per heavy atom. The molecule has 1 atom stereocenters. The number of Topliss-reactive ketones (excluding diaryl/α,β-unsaturated/α-hetero) is 1. The summed E-state index contributed by atoms with van der Waals surface area (Å²) in [7, 11) is 1.25. The molecule has 0 aliphatic rings. The van der Waals surface area contributed by atoms with E-state index in [1.807, 2.05) is 0 Å². The molecular weight excluding hydrogens is 414 g/mol. The van der Waals surface area contributed by atoms with Gasteiger partial charge in [-0.2, -0.15) is 8.78 Å². The molecule has 0 spiro atoms. The number of benzene rings is 2. The number of methoxy groups -OCH3 is 1. The topological polar surface area (TPSA) is 61.8 Å². The highest BCUT2D eigenvalue weighted by Crippen LogP contribution is 2.29. The van der Waals surface area contributed by atoms with Gasteiger partial charge in [-0.05, 0) is 37.3 Å². The van der Waals surface area contributed by atoms with E-state index in [0.717, 1.165) is 4.47 Å². The maximum atomic E-state index is 12.3. The summed E-state index contributed by atoms with van der Waals surface area (Å²) in [6, 6.07) is 10.2. The van der Waals surface area contributed by atoms with Crippen LogP contribution >= 0.6 is 15.9 Å². The monoisotopic (exact) mass is 428 g/mol. The van der Waals surface area contributed by atoms with E-state index in [-0.39, 0.29) is 22.8 Å². The zero-order valence-electron chi connectivity index (χ0n) is 13.9. The lowest BCUT2D eigenvalue weighted by Gasteiger charge is -2.14. The Morgan fingerprint density at radius 3 is 2.19 bits per heavy atom. The van der Waals surface area contributed by atoms with Crippen molar-refractivity contribution in [2.45, 2.75) is 19.6 Å². The Morgan fingerprint density at radius 2 is 1.62 bits per heavy atom. The van der Waals surface area contributed by atoms with Crippen LogP contribution in [0, 0.1) is 0 Å². The minimum Gasteiger partial charge on any atom is -0.493 e. The minimum atomic E-state index is -3.02. The van der Waals surface area contributed by atoms with Crippen molar-refractivity contribution in [3.63, 3.8) is 0 Å². The molecule has 2 rings (SSSR count). The third-order valence-electron chi connectivity index (χ3n) is 3.40. The molecule has 0 radical (unpaired) electrons. The molecule has 2 aromatic carbocycles. The van der Waals surface area contributed by atoms with E-state index in [1.165, 1.54) is 32.2 Å². The van der Waals surface area contributed by atoms with E-state index in [4.69, 9.17) is 9.47 Å². The minimum absolute atomic E-state index is 0.0407. The van der Waals surface area contributed by atoms with Gasteiger partial charge in [0.15, 0.2) is 17.6 Å². The number of hydrogen-bond donors (Lipinski definition) is 0. The van der Waals surface area contributed by atoms with Crippen LogP contribution in [0.5, 0.6) is 11.5 Å². The average Bonchev–Trinajstić information content (AvgIpc) is 2.61. The van der Waals surface area contributed by atoms with Gasteiger partial charge in [-0.1, -0.05) is 28.1 Å². The summed E-state index contributed by atoms with van der Waals surface area (Å²) >= 11 is 3.27. The van der Waals surface area contributed by atoms with Crippen LogP contribution in [-0.4, -0.2) is 31.6 Å². The number of ether oxygens (including phenoxy) is 3. The summed E-state index contributed by atoms with van der Waals surface area (Å²) in [5.74, 6) is -1.41. The van der Waals surface area contributed by atoms with Crippen molar-refractivity contribution in [3.05, 3.63) is 58.1 Å². The van der Waals surface area contributed by atoms with Crippen molar-refractivity contribution in [1.82, 2.24) is 0 Å². The summed E-state index contributed by atoms with van der Waals surface area (Å²) in [6.45, 7) is -1.57. The molecule has 138 valence electrons. The molecular formula is C18H15BrF2O5. The Labute approximate surface area is 157 Å². The van der Waals surface area contributed by atoms with E-state index in [1.54, 1.807) is 24.3 Å². The van der Waals surface area contributed by atoms with E-state index in [0.29, 0.717) is 5.56 Å². The lowest BCUT2D eigenvalue weighted by molar-refractivity contribution is -0.0512. The second-order valence-electron chi connectivity index (χ2n) is 5.16. The molecule has 8 heteroatoms. The van der Waals surface area contributed by atoms with Gasteiger partial charge in [-0.15, -0.1) is 0 Å². The van der Waals surface area contributed by atoms with Crippen molar-refractivity contribution < 1.29 is 32.6 Å². The fourth-order valence-electron chi connectivity index (χ4n) is 2.12. The fraction of sp³-hybridized carbons (Fsp3) is 0.222. The molecule has 0 bridgehead atoms. The van der Waals surface area contributed by atoms with Gasteiger partial charge in [0.05, 0.1) is 12.7 Å². The molecule has 1 unspecified atom stereocenters. The predicted molar refractivity (Wildman–Crippen MR) is 93.0 cm³/mol. The van der Waals surface area contributed by atoms with Gasteiger partial charge in [0.1, 0.15) is 0 Å². The molecule has 26 heavy (non-hydrogen) atoms. The Kier molecular flexibility index (Phi) is 6.68. The number of hydrogen-bond acceptors (Lipinski definition) is 5. The van der Waals surface area contributed by atoms with Crippen LogP contribution in [0.15, 0.2) is 46.9 Å². The van der Waals surface area contributed by atoms with E-state index < -0.39 is 18.7 Å². The first-order chi connectivity index (χ1) is 12.3. The number of esters is 1. The van der Waals surface area contributed by atoms with Crippen LogP contribution in [0.2, 0.25) is 0 Å². The number of ketones is 1. The molecule has 0 N–H and O–H groups in total. The second kappa shape index (κ2) is 8.75. The predicted octanol–water partition coefficient (Wildman–Crippen LogP) is 4.49. The van der Waals surface area contributed by atoms with E-state index in [2.05, 4.69) is 20.7 Å². The standard InChI is InChI=1S/C18H15BrF2O5/c1-10(16(22)11-3-6-13(19)7-4-11)25-17(23)12-5-8-14(26-18(20)21)15(9-12)24-2/h3-10,18H,1-2H3. The molecule has 0 aromatic heterocycles. The van der Waals surface area contributed by atoms with Gasteiger partial charge < -0.3 is 14.2 Å². The first-order valence-electron chi connectivity index (χ1n) is 7.45. The molecule has 5 nitrogen and oxygen atoms in total. The van der Waals surface area contributed by atoms with Crippen molar-refractivity contribution in [2.24, 2.45) is 0 Å². The van der Waals surface area contributed by atoms with Crippen molar-refractivity contribution in [1.29, 1.82) is 0 Å². The van der Waals surface area contributed by atoms with Gasteiger partial charge in [-0.25, -0.2) is 4.79 Å². The molecule has 0 saturated carbocycles. The summed E-state index contributed by atoms with van der Waals surface area (Å²) in [6.07, 6.45) is -1.02. The number of carbonyl (C=O) groups is 2. The van der Waals surface area contributed by atoms with Gasteiger partial charge in [-0.3, -0.25) is 4.79 Å². The van der Waals surface area contributed by atoms with Gasteiger partial charge >= 0.3 is 12.6 Å². The number of carbonyl (C=O) groups excluding carboxylic acids is 2. The largest absolute Gasteiger partial charge is 0.493 e. The molecule has 0 saturated heterocycles. The zero-order chi connectivity index (χ0) is 19.3. The molecule has 0 fully saturated rings. The lowest BCUT2D eigenvalue weighted by Crippen LogP contribution is -2.24. The maximum absolute atomic E-state index is 12.3. The normalized spacial score (nSPS) is 11.8. The second-order valence-corrected chi connectivity index (χ2v) is 6.08. The zero-order valence-corrected chi connectivity index (χ0v) is 15.5. The Balaban J connectivity index is 2.11. The Hall–Kier alpha value is -2.48. The van der Waals surface area contributed by atoms with Crippen LogP contribution < -0.4 is 9.47 Å². The fourth-order valence-corrected chi connectivity index (χ4v) is 2.38. The van der Waals surface area contributed by atoms with Crippen LogP contribution in [0.25, 0.3) is 0 Å². The highest BCUT2D eigenvalue weighted by molar-refractivity contribution is 9.10. The van der Waals surface area contributed by atoms with Crippen LogP contribution in [-0.2, 0) is 4.74 Å². The summed E-state index contributed by atoms with van der Waals surface area (Å²) in [5.41, 5.74) is 0.436. The maximum Gasteiger partial charge on any atom is 0.387 e. The lowest BCUT2D eigenvalue weighted by atomic mass is 10.1. The first kappa shape index (κ1) is 19.8. The first-order valence-corrected chi connectivity index (χ1v) is 8.24. The van der Waals surface area contributed by atoms with Crippen molar-refractivity contribution in [3.8, 4) is 11.5 Å². The molecule has 0 aliphatic heterocycles. The smallest absolute Gasteiger partial charge is 0.387 e. The molecule has 2 aromatic rings. The van der Waals surface area contributed by atoms with Crippen LogP contribution in [0.4, 0.5) is 8.78 Å². The van der Waals surface area contributed by atoms with Gasteiger partial charge in [0.25, 0.3) is 0 Å². The van der Waals surface area contributed by atoms with E-state index >= 15 is 0 Å². The number of halogens is 3. The summed E-state index contributed by atoms with van der Waals surface area (Å²) in [5, 5.41) is 0. The quantitative estimate of drug-likeness (QED) is 0.480. The van der Waals surface area contributed by atoms with E-state index in [9.17, 15) is 18.4 Å². The van der Waals surface area contributed by atoms with Gasteiger partial charge in [0, 0.05) is 10.0 Å². The summed E-state index contributed by atoms with van der Waals surface area (Å²) < 4.78 is 39.9. The molecule has 0 heterocycles. The highest BCUT2D eigenvalue weighted by Gasteiger charge is 2.21. The third kappa shape index (κ3) is 5.01. The van der Waals surface area contributed by atoms with Crippen LogP contribution in [0.3, 0.4) is 0 Å². The van der Waals surface area contributed by atoms with Crippen LogP contribution in [0.1, 0.15) is 27.6 Å². The Bertz CT molecular complexity index is 793. The van der Waals surface area contributed by atoms with Gasteiger partial charge in [0.2, 0.25) is 5.78 Å². The van der Waals surface area contributed by atoms with Crippen molar-refractivity contribution >= 4 is 27.7 Å². The molecule has 0 aliphatic carbocycles. The highest BCUT2D eigenvalue weighted by atomic mass is 79.9. The average molecular weight is 429 g/mol. The number of alkyl halides is 2. The SMILES string of the molecule is COc1cc(C(=O)OC(C)C(=O)c2ccc(Br)cc2)ccc1OC(F)F. The summed E-state index contributed by atoms with van der Waals surface area (Å²) in [4.78, 5) is 24.5. The van der Waals surface area contributed by atoms with Crippen molar-refractivity contribution in [2.75, 3.05) is 7.11 Å². The number of rotatable bonds is 7. The molecule has 0 amide bonds. The third-order valence-corrected chi connectivity index (χ3v) is 3.93.